The van der Waals surface area contributed by atoms with E-state index in [-0.39, 0.29) is 6.04 Å². The van der Waals surface area contributed by atoms with Crippen LogP contribution in [0, 0.1) is 6.92 Å². The zero-order chi connectivity index (χ0) is 17.4. The maximum absolute atomic E-state index is 13.2. The number of aromatic nitrogens is 1. The average molecular weight is 354 g/mol. The van der Waals surface area contributed by atoms with E-state index >= 15 is 0 Å². The zero-order valence-corrected chi connectivity index (χ0v) is 15.1. The van der Waals surface area contributed by atoms with Crippen LogP contribution in [0.4, 0.5) is 0 Å². The first-order valence-corrected chi connectivity index (χ1v) is 10.2. The zero-order valence-electron chi connectivity index (χ0n) is 14.3. The Labute approximate surface area is 148 Å². The second-order valence-electron chi connectivity index (χ2n) is 6.76. The molecule has 1 aliphatic rings. The summed E-state index contributed by atoms with van der Waals surface area (Å²) in [6.45, 7) is 2.54. The number of hydrogen-bond donors (Lipinski definition) is 1. The summed E-state index contributed by atoms with van der Waals surface area (Å²) >= 11 is 0. The van der Waals surface area contributed by atoms with E-state index in [0.29, 0.717) is 11.4 Å². The monoisotopic (exact) mass is 354 g/mol. The molecule has 25 heavy (non-hydrogen) atoms. The topological polar surface area (TPSA) is 53.2 Å². The molecule has 4 rings (SSSR count). The Kier molecular flexibility index (Phi) is 4.13. The van der Waals surface area contributed by atoms with Gasteiger partial charge in [0, 0.05) is 18.3 Å². The molecule has 2 aromatic carbocycles. The van der Waals surface area contributed by atoms with Crippen molar-refractivity contribution in [1.82, 2.24) is 9.29 Å². The van der Waals surface area contributed by atoms with Crippen molar-refractivity contribution < 1.29 is 8.42 Å². The molecule has 1 saturated heterocycles. The van der Waals surface area contributed by atoms with Gasteiger partial charge in [-0.1, -0.05) is 30.2 Å². The average Bonchev–Trinajstić information content (AvgIpc) is 3.10. The number of aromatic amines is 1. The van der Waals surface area contributed by atoms with E-state index in [1.807, 2.05) is 43.5 Å². The number of sulfonamides is 1. The second kappa shape index (κ2) is 6.32. The number of benzene rings is 2. The Balaban J connectivity index is 1.74. The molecular weight excluding hydrogens is 332 g/mol. The van der Waals surface area contributed by atoms with Crippen molar-refractivity contribution in [2.24, 2.45) is 0 Å². The summed E-state index contributed by atoms with van der Waals surface area (Å²) in [7, 11) is -3.49. The van der Waals surface area contributed by atoms with Gasteiger partial charge < -0.3 is 4.98 Å². The predicted molar refractivity (Wildman–Crippen MR) is 100.0 cm³/mol. The number of H-pyrrole nitrogens is 1. The second-order valence-corrected chi connectivity index (χ2v) is 8.66. The maximum Gasteiger partial charge on any atom is 0.243 e. The smallest absolute Gasteiger partial charge is 0.243 e. The largest absolute Gasteiger partial charge is 0.361 e. The van der Waals surface area contributed by atoms with Crippen molar-refractivity contribution in [2.45, 2.75) is 37.1 Å². The van der Waals surface area contributed by atoms with Crippen LogP contribution in [0.3, 0.4) is 0 Å². The summed E-state index contributed by atoms with van der Waals surface area (Å²) in [4.78, 5) is 3.57. The van der Waals surface area contributed by atoms with Crippen molar-refractivity contribution in [3.8, 4) is 0 Å². The molecule has 0 unspecified atom stereocenters. The van der Waals surface area contributed by atoms with E-state index < -0.39 is 10.0 Å². The van der Waals surface area contributed by atoms with Crippen LogP contribution in [-0.4, -0.2) is 24.3 Å². The van der Waals surface area contributed by atoms with Crippen LogP contribution in [0.1, 0.15) is 36.4 Å². The maximum atomic E-state index is 13.2. The highest BCUT2D eigenvalue weighted by Gasteiger charge is 2.34. The van der Waals surface area contributed by atoms with E-state index in [1.54, 1.807) is 16.4 Å². The van der Waals surface area contributed by atoms with Crippen molar-refractivity contribution in [3.05, 3.63) is 65.9 Å². The van der Waals surface area contributed by atoms with Gasteiger partial charge in [-0.25, -0.2) is 8.42 Å². The van der Waals surface area contributed by atoms with Gasteiger partial charge in [0.1, 0.15) is 0 Å². The van der Waals surface area contributed by atoms with Crippen LogP contribution < -0.4 is 0 Å². The lowest BCUT2D eigenvalue weighted by Gasteiger charge is -2.35. The Morgan fingerprint density at radius 1 is 1.04 bits per heavy atom. The molecule has 5 heteroatoms. The molecule has 1 fully saturated rings. The summed E-state index contributed by atoms with van der Waals surface area (Å²) in [5.74, 6) is 0. The minimum atomic E-state index is -3.49. The molecule has 0 amide bonds. The van der Waals surface area contributed by atoms with Gasteiger partial charge in [-0.2, -0.15) is 4.31 Å². The van der Waals surface area contributed by atoms with Crippen LogP contribution in [0.25, 0.3) is 10.9 Å². The molecule has 0 aliphatic carbocycles. The number of rotatable bonds is 3. The normalized spacial score (nSPS) is 19.3. The Morgan fingerprint density at radius 2 is 1.84 bits per heavy atom. The van der Waals surface area contributed by atoms with Crippen molar-refractivity contribution in [1.29, 1.82) is 0 Å². The predicted octanol–water partition coefficient (Wildman–Crippen LogP) is 4.39. The molecule has 1 aromatic heterocycles. The highest BCUT2D eigenvalue weighted by atomic mass is 32.2. The summed E-state index contributed by atoms with van der Waals surface area (Å²) in [5.41, 5.74) is 3.21. The summed E-state index contributed by atoms with van der Waals surface area (Å²) < 4.78 is 28.1. The van der Waals surface area contributed by atoms with Crippen LogP contribution in [0.2, 0.25) is 0 Å². The third-order valence-corrected chi connectivity index (χ3v) is 6.97. The third kappa shape index (κ3) is 2.98. The summed E-state index contributed by atoms with van der Waals surface area (Å²) in [5, 5.41) is 1.12. The fourth-order valence-electron chi connectivity index (χ4n) is 3.65. The fraction of sp³-hybridized carbons (Fsp3) is 0.300. The number of fused-ring (bicyclic) bond motifs is 1. The summed E-state index contributed by atoms with van der Waals surface area (Å²) in [6, 6.07) is 15.3. The first-order valence-electron chi connectivity index (χ1n) is 8.71. The lowest BCUT2D eigenvalue weighted by atomic mass is 9.96. The van der Waals surface area contributed by atoms with E-state index in [9.17, 15) is 8.42 Å². The molecule has 0 spiro atoms. The molecule has 1 N–H and O–H groups in total. The van der Waals surface area contributed by atoms with Crippen LogP contribution >= 0.6 is 0 Å². The van der Waals surface area contributed by atoms with Crippen LogP contribution in [0.15, 0.2) is 59.6 Å². The molecular formula is C20H22N2O2S. The van der Waals surface area contributed by atoms with E-state index in [4.69, 9.17) is 0 Å². The van der Waals surface area contributed by atoms with Crippen LogP contribution in [0.5, 0.6) is 0 Å². The fourth-order valence-corrected chi connectivity index (χ4v) is 5.33. The first-order chi connectivity index (χ1) is 12.1. The number of piperidine rings is 1. The van der Waals surface area contributed by atoms with Gasteiger partial charge >= 0.3 is 0 Å². The minimum absolute atomic E-state index is 0.0978. The highest BCUT2D eigenvalue weighted by Crippen LogP contribution is 2.36. The number of nitrogens with one attached hydrogen (secondary N) is 1. The quantitative estimate of drug-likeness (QED) is 0.758. The lowest BCUT2D eigenvalue weighted by Crippen LogP contribution is -2.38. The van der Waals surface area contributed by atoms with E-state index in [2.05, 4.69) is 11.1 Å². The molecule has 0 saturated carbocycles. The van der Waals surface area contributed by atoms with Gasteiger partial charge in [-0.15, -0.1) is 0 Å². The Bertz CT molecular complexity index is 990. The molecule has 1 atom stereocenters. The van der Waals surface area contributed by atoms with E-state index in [0.717, 1.165) is 41.3 Å². The Morgan fingerprint density at radius 3 is 2.64 bits per heavy atom. The molecule has 0 radical (unpaired) electrons. The number of hydrogen-bond acceptors (Lipinski definition) is 2. The van der Waals surface area contributed by atoms with Gasteiger partial charge in [-0.05, 0) is 61.0 Å². The lowest BCUT2D eigenvalue weighted by molar-refractivity contribution is 0.256. The SMILES string of the molecule is Cc1ccc(S(=O)(=O)N2CCCC[C@H]2c2ccc3[nH]ccc3c2)cc1. The van der Waals surface area contributed by atoms with E-state index in [1.165, 1.54) is 0 Å². The Hall–Kier alpha value is -2.11. The summed E-state index contributed by atoms with van der Waals surface area (Å²) in [6.07, 6.45) is 4.74. The van der Waals surface area contributed by atoms with Crippen molar-refractivity contribution in [2.75, 3.05) is 6.54 Å². The number of nitrogens with zero attached hydrogens (tertiary/aromatic N) is 1. The number of aryl methyl sites for hydroxylation is 1. The minimum Gasteiger partial charge on any atom is -0.361 e. The molecule has 4 nitrogen and oxygen atoms in total. The van der Waals surface area contributed by atoms with Gasteiger partial charge in [0.15, 0.2) is 0 Å². The molecule has 2 heterocycles. The van der Waals surface area contributed by atoms with Crippen molar-refractivity contribution >= 4 is 20.9 Å². The molecule has 0 bridgehead atoms. The molecule has 130 valence electrons. The van der Waals surface area contributed by atoms with Gasteiger partial charge in [0.2, 0.25) is 10.0 Å². The first kappa shape index (κ1) is 16.4. The molecule has 3 aromatic rings. The third-order valence-electron chi connectivity index (χ3n) is 5.04. The molecule has 1 aliphatic heterocycles. The highest BCUT2D eigenvalue weighted by molar-refractivity contribution is 7.89. The van der Waals surface area contributed by atoms with Gasteiger partial charge in [-0.3, -0.25) is 0 Å². The van der Waals surface area contributed by atoms with Gasteiger partial charge in [0.05, 0.1) is 10.9 Å². The van der Waals surface area contributed by atoms with Gasteiger partial charge in [0.25, 0.3) is 0 Å². The van der Waals surface area contributed by atoms with Crippen molar-refractivity contribution in [3.63, 3.8) is 0 Å². The standard InChI is InChI=1S/C20H22N2O2S/c1-15-5-8-18(9-6-15)25(23,24)22-13-3-2-4-20(22)17-7-10-19-16(14-17)11-12-21-19/h5-12,14,20-21H,2-4,13H2,1H3/t20-/m0/s1. The van der Waals surface area contributed by atoms with Crippen LogP contribution in [-0.2, 0) is 10.0 Å².